The van der Waals surface area contributed by atoms with Gasteiger partial charge in [-0.25, -0.2) is 9.98 Å². The molecule has 2 aliphatic rings. The molecule has 5 rings (SSSR count). The van der Waals surface area contributed by atoms with Gasteiger partial charge in [0.1, 0.15) is 13.2 Å². The molecule has 2 atom stereocenters. The van der Waals surface area contributed by atoms with Gasteiger partial charge in [0.05, 0.1) is 12.1 Å². The molecule has 4 heteroatoms. The van der Waals surface area contributed by atoms with Crippen molar-refractivity contribution in [3.8, 4) is 0 Å². The van der Waals surface area contributed by atoms with Crippen molar-refractivity contribution in [2.45, 2.75) is 38.8 Å². The Labute approximate surface area is 189 Å². The first-order chi connectivity index (χ1) is 15.7. The molecule has 162 valence electrons. The predicted octanol–water partition coefficient (Wildman–Crippen LogP) is 5.08. The Kier molecular flexibility index (Phi) is 5.76. The first kappa shape index (κ1) is 20.5. The van der Waals surface area contributed by atoms with E-state index in [-0.39, 0.29) is 12.1 Å². The van der Waals surface area contributed by atoms with Crippen LogP contribution in [0.25, 0.3) is 0 Å². The Morgan fingerprint density at radius 3 is 1.53 bits per heavy atom. The zero-order valence-corrected chi connectivity index (χ0v) is 18.6. The molecule has 0 saturated heterocycles. The van der Waals surface area contributed by atoms with E-state index in [0.717, 1.165) is 46.9 Å². The Morgan fingerprint density at radius 2 is 1.09 bits per heavy atom. The third kappa shape index (κ3) is 4.45. The van der Waals surface area contributed by atoms with Crippen molar-refractivity contribution in [1.82, 2.24) is 0 Å². The summed E-state index contributed by atoms with van der Waals surface area (Å²) in [4.78, 5) is 9.79. The van der Waals surface area contributed by atoms with Gasteiger partial charge in [-0.3, -0.25) is 0 Å². The highest BCUT2D eigenvalue weighted by Gasteiger charge is 2.26. The summed E-state index contributed by atoms with van der Waals surface area (Å²) >= 11 is 0. The molecule has 0 N–H and O–H groups in total. The van der Waals surface area contributed by atoms with Gasteiger partial charge in [-0.1, -0.05) is 66.7 Å². The smallest absolute Gasteiger partial charge is 0.216 e. The number of nitrogens with zero attached hydrogens (tertiary/aromatic N) is 2. The van der Waals surface area contributed by atoms with Crippen molar-refractivity contribution in [2.75, 3.05) is 13.2 Å². The summed E-state index contributed by atoms with van der Waals surface area (Å²) in [6.45, 7) is 5.45. The Morgan fingerprint density at radius 1 is 0.656 bits per heavy atom. The summed E-state index contributed by atoms with van der Waals surface area (Å²) in [5, 5.41) is 0. The fourth-order valence-electron chi connectivity index (χ4n) is 4.42. The summed E-state index contributed by atoms with van der Waals surface area (Å²) < 4.78 is 12.1. The molecule has 0 amide bonds. The van der Waals surface area contributed by atoms with E-state index < -0.39 is 0 Å². The van der Waals surface area contributed by atoms with Crippen LogP contribution >= 0.6 is 0 Å². The normalized spacial score (nSPS) is 19.8. The molecule has 0 radical (unpaired) electrons. The maximum Gasteiger partial charge on any atom is 0.216 e. The molecular formula is C28H28N2O2. The first-order valence-electron chi connectivity index (χ1n) is 11.3. The standard InChI is InChI=1S/C28H28N2O2/c1-19-13-20(2)26(28-30-24(18-32-28)15-22-11-7-4-8-12-22)16-25(19)27-29-23(17-31-27)14-21-9-5-3-6-10-21/h3-13,16,23-24H,14-15,17-18H2,1-2H3/t23-,24-/m1/s1. The highest BCUT2D eigenvalue weighted by atomic mass is 16.5. The molecule has 2 heterocycles. The topological polar surface area (TPSA) is 43.2 Å². The van der Waals surface area contributed by atoms with Crippen LogP contribution in [0.4, 0.5) is 0 Å². The van der Waals surface area contributed by atoms with Crippen LogP contribution in [0.5, 0.6) is 0 Å². The molecule has 0 aromatic heterocycles. The predicted molar refractivity (Wildman–Crippen MR) is 129 cm³/mol. The van der Waals surface area contributed by atoms with Crippen molar-refractivity contribution >= 4 is 11.8 Å². The van der Waals surface area contributed by atoms with E-state index in [4.69, 9.17) is 19.5 Å². The third-order valence-corrected chi connectivity index (χ3v) is 6.09. The SMILES string of the molecule is Cc1cc(C)c(C2=N[C@H](Cc3ccccc3)CO2)cc1C1=N[C@H](Cc2ccccc2)CO1. The van der Waals surface area contributed by atoms with Gasteiger partial charge in [-0.2, -0.15) is 0 Å². The quantitative estimate of drug-likeness (QED) is 0.554. The van der Waals surface area contributed by atoms with E-state index in [9.17, 15) is 0 Å². The summed E-state index contributed by atoms with van der Waals surface area (Å²) in [5.74, 6) is 1.45. The van der Waals surface area contributed by atoms with Crippen LogP contribution in [0, 0.1) is 13.8 Å². The number of ether oxygens (including phenoxy) is 2. The average molecular weight is 425 g/mol. The molecule has 0 unspecified atom stereocenters. The van der Waals surface area contributed by atoms with Gasteiger partial charge in [0.15, 0.2) is 0 Å². The molecule has 0 saturated carbocycles. The minimum Gasteiger partial charge on any atom is -0.475 e. The average Bonchev–Trinajstić information content (AvgIpc) is 3.45. The number of rotatable bonds is 6. The molecule has 3 aromatic rings. The molecule has 0 spiro atoms. The van der Waals surface area contributed by atoms with Crippen molar-refractivity contribution < 1.29 is 9.47 Å². The van der Waals surface area contributed by atoms with Gasteiger partial charge in [0.25, 0.3) is 0 Å². The van der Waals surface area contributed by atoms with Crippen molar-refractivity contribution in [3.05, 3.63) is 106 Å². The molecule has 3 aromatic carbocycles. The molecule has 4 nitrogen and oxygen atoms in total. The van der Waals surface area contributed by atoms with E-state index in [0.29, 0.717) is 13.2 Å². The van der Waals surface area contributed by atoms with Gasteiger partial charge < -0.3 is 9.47 Å². The highest BCUT2D eigenvalue weighted by molar-refractivity contribution is 6.02. The van der Waals surface area contributed by atoms with Gasteiger partial charge in [0.2, 0.25) is 11.8 Å². The van der Waals surface area contributed by atoms with E-state index in [1.165, 1.54) is 11.1 Å². The fourth-order valence-corrected chi connectivity index (χ4v) is 4.42. The second-order valence-electron chi connectivity index (χ2n) is 8.66. The lowest BCUT2D eigenvalue weighted by Crippen LogP contribution is -2.11. The molecule has 2 aliphatic heterocycles. The summed E-state index contributed by atoms with van der Waals surface area (Å²) in [7, 11) is 0. The van der Waals surface area contributed by atoms with Crippen LogP contribution < -0.4 is 0 Å². The van der Waals surface area contributed by atoms with Gasteiger partial charge in [-0.05, 0) is 55.0 Å². The van der Waals surface area contributed by atoms with Gasteiger partial charge in [-0.15, -0.1) is 0 Å². The molecular weight excluding hydrogens is 396 g/mol. The summed E-state index contributed by atoms with van der Waals surface area (Å²) in [5.41, 5.74) is 6.93. The Hall–Kier alpha value is -3.40. The maximum absolute atomic E-state index is 6.03. The second kappa shape index (κ2) is 8.99. The lowest BCUT2D eigenvalue weighted by Gasteiger charge is -2.12. The van der Waals surface area contributed by atoms with Crippen LogP contribution in [0.15, 0.2) is 82.8 Å². The molecule has 0 bridgehead atoms. The molecule has 0 aliphatic carbocycles. The van der Waals surface area contributed by atoms with Gasteiger partial charge in [0, 0.05) is 11.1 Å². The monoisotopic (exact) mass is 424 g/mol. The van der Waals surface area contributed by atoms with E-state index in [2.05, 4.69) is 74.5 Å². The number of benzene rings is 3. The highest BCUT2D eigenvalue weighted by Crippen LogP contribution is 2.25. The van der Waals surface area contributed by atoms with Crippen LogP contribution in [0.2, 0.25) is 0 Å². The first-order valence-corrected chi connectivity index (χ1v) is 11.3. The number of aryl methyl sites for hydroxylation is 2. The fraction of sp³-hybridized carbons (Fsp3) is 0.286. The van der Waals surface area contributed by atoms with Crippen molar-refractivity contribution in [2.24, 2.45) is 9.98 Å². The van der Waals surface area contributed by atoms with Gasteiger partial charge >= 0.3 is 0 Å². The largest absolute Gasteiger partial charge is 0.475 e. The lowest BCUT2D eigenvalue weighted by atomic mass is 9.99. The summed E-state index contributed by atoms with van der Waals surface area (Å²) in [6, 6.07) is 25.5. The van der Waals surface area contributed by atoms with Crippen LogP contribution in [0.3, 0.4) is 0 Å². The Bertz CT molecular complexity index is 1060. The third-order valence-electron chi connectivity index (χ3n) is 6.09. The number of aliphatic imine (C=N–C) groups is 2. The van der Waals surface area contributed by atoms with E-state index in [1.807, 2.05) is 12.1 Å². The molecule has 32 heavy (non-hydrogen) atoms. The number of hydrogen-bond acceptors (Lipinski definition) is 4. The second-order valence-corrected chi connectivity index (χ2v) is 8.66. The van der Waals surface area contributed by atoms with Crippen LogP contribution in [-0.2, 0) is 22.3 Å². The summed E-state index contributed by atoms with van der Waals surface area (Å²) in [6.07, 6.45) is 1.78. The minimum atomic E-state index is 0.145. The zero-order valence-electron chi connectivity index (χ0n) is 18.6. The zero-order chi connectivity index (χ0) is 21.9. The van der Waals surface area contributed by atoms with E-state index >= 15 is 0 Å². The van der Waals surface area contributed by atoms with E-state index in [1.54, 1.807) is 0 Å². The minimum absolute atomic E-state index is 0.145. The molecule has 0 fully saturated rings. The van der Waals surface area contributed by atoms with Crippen molar-refractivity contribution in [1.29, 1.82) is 0 Å². The van der Waals surface area contributed by atoms with Crippen LogP contribution in [-0.4, -0.2) is 37.1 Å². The lowest BCUT2D eigenvalue weighted by molar-refractivity contribution is 0.316. The van der Waals surface area contributed by atoms with Crippen molar-refractivity contribution in [3.63, 3.8) is 0 Å². The maximum atomic E-state index is 6.03. The Balaban J connectivity index is 1.37. The number of hydrogen-bond donors (Lipinski definition) is 0. The van der Waals surface area contributed by atoms with Crippen LogP contribution in [0.1, 0.15) is 33.4 Å².